The van der Waals surface area contributed by atoms with Gasteiger partial charge in [-0.25, -0.2) is 15.0 Å². The number of benzene rings is 1. The molecule has 0 spiro atoms. The number of hydrogen-bond donors (Lipinski definition) is 3. The third-order valence-electron chi connectivity index (χ3n) is 5.33. The summed E-state index contributed by atoms with van der Waals surface area (Å²) in [5, 5.41) is 8.61. The van der Waals surface area contributed by atoms with Gasteiger partial charge in [0.25, 0.3) is 0 Å². The van der Waals surface area contributed by atoms with Gasteiger partial charge < -0.3 is 20.7 Å². The van der Waals surface area contributed by atoms with E-state index in [1.165, 1.54) is 25.3 Å². The normalized spacial score (nSPS) is 14.2. The maximum absolute atomic E-state index is 13.0. The van der Waals surface area contributed by atoms with Crippen molar-refractivity contribution >= 4 is 23.4 Å². The van der Waals surface area contributed by atoms with Crippen LogP contribution in [0.2, 0.25) is 0 Å². The topological polar surface area (TPSA) is 101 Å². The molecular formula is C23H23F3N6O2. The lowest BCUT2D eigenvalue weighted by Gasteiger charge is -2.17. The van der Waals surface area contributed by atoms with Gasteiger partial charge in [-0.05, 0) is 29.8 Å². The first-order chi connectivity index (χ1) is 16.0. The number of ether oxygens (including phenoxy) is 1. The van der Waals surface area contributed by atoms with E-state index in [0.29, 0.717) is 11.3 Å². The standard InChI is InChI=1S/C23H23F3N6O2/c1-13(33)28-10-14-4-5-18(19(8-14)34-23(24,25)26)32-21-27-7-6-17(31-21)15-9-16-20(29-11-15)30-12-22(16,2)3/h4-9,11H,10,12H2,1-3H3,(H,28,33)(H,29,30)(H,27,31,32). The van der Waals surface area contributed by atoms with Crippen molar-refractivity contribution in [1.82, 2.24) is 20.3 Å². The monoisotopic (exact) mass is 472 g/mol. The zero-order valence-electron chi connectivity index (χ0n) is 18.7. The lowest BCUT2D eigenvalue weighted by Crippen LogP contribution is -2.20. The fraction of sp³-hybridized carbons (Fsp3) is 0.304. The molecule has 0 bridgehead atoms. The summed E-state index contributed by atoms with van der Waals surface area (Å²) >= 11 is 0. The van der Waals surface area contributed by atoms with Gasteiger partial charge in [-0.15, -0.1) is 13.2 Å². The Morgan fingerprint density at radius 2 is 2.00 bits per heavy atom. The first-order valence-corrected chi connectivity index (χ1v) is 10.5. The molecule has 0 unspecified atom stereocenters. The molecule has 2 aromatic heterocycles. The zero-order valence-corrected chi connectivity index (χ0v) is 18.7. The molecule has 4 rings (SSSR count). The van der Waals surface area contributed by atoms with Crippen LogP contribution in [0, 0.1) is 0 Å². The maximum atomic E-state index is 13.0. The summed E-state index contributed by atoms with van der Waals surface area (Å²) in [6, 6.07) is 7.90. The molecule has 0 aliphatic carbocycles. The second kappa shape index (κ2) is 8.81. The van der Waals surface area contributed by atoms with Crippen molar-refractivity contribution in [1.29, 1.82) is 0 Å². The van der Waals surface area contributed by atoms with Gasteiger partial charge in [-0.2, -0.15) is 0 Å². The van der Waals surface area contributed by atoms with Crippen LogP contribution in [-0.2, 0) is 16.8 Å². The number of carbonyl (C=O) groups is 1. The summed E-state index contributed by atoms with van der Waals surface area (Å²) in [6.07, 6.45) is -1.70. The summed E-state index contributed by atoms with van der Waals surface area (Å²) in [5.41, 5.74) is 2.77. The highest BCUT2D eigenvalue weighted by atomic mass is 19.4. The van der Waals surface area contributed by atoms with Crippen LogP contribution in [0.3, 0.4) is 0 Å². The molecule has 178 valence electrons. The fourth-order valence-corrected chi connectivity index (χ4v) is 3.58. The van der Waals surface area contributed by atoms with Crippen molar-refractivity contribution in [2.75, 3.05) is 17.2 Å². The van der Waals surface area contributed by atoms with Gasteiger partial charge in [0, 0.05) is 48.9 Å². The highest BCUT2D eigenvalue weighted by molar-refractivity contribution is 5.73. The number of alkyl halides is 3. The van der Waals surface area contributed by atoms with E-state index < -0.39 is 12.1 Å². The molecule has 0 atom stereocenters. The van der Waals surface area contributed by atoms with Gasteiger partial charge in [0.15, 0.2) is 5.75 Å². The van der Waals surface area contributed by atoms with Crippen molar-refractivity contribution in [2.45, 2.75) is 39.1 Å². The molecule has 3 aromatic rings. The SMILES string of the molecule is CC(=O)NCc1ccc(Nc2nccc(-c3cnc4c(c3)C(C)(C)CN4)n2)c(OC(F)(F)F)c1. The molecule has 0 radical (unpaired) electrons. The Balaban J connectivity index is 1.62. The second-order valence-electron chi connectivity index (χ2n) is 8.54. The average Bonchev–Trinajstić information content (AvgIpc) is 3.07. The van der Waals surface area contributed by atoms with Crippen molar-refractivity contribution in [2.24, 2.45) is 0 Å². The van der Waals surface area contributed by atoms with Crippen molar-refractivity contribution in [3.8, 4) is 17.0 Å². The molecule has 11 heteroatoms. The summed E-state index contributed by atoms with van der Waals surface area (Å²) in [7, 11) is 0. The smallest absolute Gasteiger partial charge is 0.404 e. The molecule has 34 heavy (non-hydrogen) atoms. The Bertz CT molecular complexity index is 1230. The van der Waals surface area contributed by atoms with Crippen LogP contribution in [0.5, 0.6) is 5.75 Å². The van der Waals surface area contributed by atoms with Crippen molar-refractivity contribution in [3.05, 3.63) is 53.9 Å². The van der Waals surface area contributed by atoms with Crippen LogP contribution in [0.15, 0.2) is 42.7 Å². The number of halogens is 3. The summed E-state index contributed by atoms with van der Waals surface area (Å²) in [5.74, 6) is 0.161. The molecular weight excluding hydrogens is 449 g/mol. The van der Waals surface area contributed by atoms with Crippen LogP contribution in [0.1, 0.15) is 31.9 Å². The van der Waals surface area contributed by atoms with E-state index in [1.807, 2.05) is 6.07 Å². The minimum Gasteiger partial charge on any atom is -0.404 e. The van der Waals surface area contributed by atoms with Crippen LogP contribution in [-0.4, -0.2) is 33.8 Å². The number of anilines is 3. The number of fused-ring (bicyclic) bond motifs is 1. The second-order valence-corrected chi connectivity index (χ2v) is 8.54. The van der Waals surface area contributed by atoms with E-state index in [-0.39, 0.29) is 29.5 Å². The predicted octanol–water partition coefficient (Wildman–Crippen LogP) is 4.52. The first kappa shape index (κ1) is 23.3. The Morgan fingerprint density at radius 3 is 2.74 bits per heavy atom. The maximum Gasteiger partial charge on any atom is 0.573 e. The van der Waals surface area contributed by atoms with Gasteiger partial charge in [-0.3, -0.25) is 4.79 Å². The Morgan fingerprint density at radius 1 is 1.21 bits per heavy atom. The molecule has 1 aliphatic rings. The predicted molar refractivity (Wildman–Crippen MR) is 121 cm³/mol. The number of nitrogens with zero attached hydrogens (tertiary/aromatic N) is 3. The minimum absolute atomic E-state index is 0.0264. The molecule has 3 heterocycles. The third-order valence-corrected chi connectivity index (χ3v) is 5.33. The zero-order chi connectivity index (χ0) is 24.5. The van der Waals surface area contributed by atoms with Gasteiger partial charge >= 0.3 is 6.36 Å². The lowest BCUT2D eigenvalue weighted by molar-refractivity contribution is -0.274. The van der Waals surface area contributed by atoms with Gasteiger partial charge in [0.1, 0.15) is 5.82 Å². The van der Waals surface area contributed by atoms with E-state index in [2.05, 4.69) is 49.5 Å². The average molecular weight is 472 g/mol. The fourth-order valence-electron chi connectivity index (χ4n) is 3.58. The molecule has 0 saturated carbocycles. The van der Waals surface area contributed by atoms with Crippen LogP contribution < -0.4 is 20.7 Å². The van der Waals surface area contributed by atoms with E-state index in [9.17, 15) is 18.0 Å². The number of hydrogen-bond acceptors (Lipinski definition) is 7. The number of nitrogens with one attached hydrogen (secondary N) is 3. The molecule has 3 N–H and O–H groups in total. The van der Waals surface area contributed by atoms with Gasteiger partial charge in [0.05, 0.1) is 11.4 Å². The molecule has 8 nitrogen and oxygen atoms in total. The first-order valence-electron chi connectivity index (χ1n) is 10.5. The van der Waals surface area contributed by atoms with Crippen LogP contribution in [0.25, 0.3) is 11.3 Å². The number of rotatable bonds is 6. The molecule has 1 aliphatic heterocycles. The Labute approximate surface area is 194 Å². The highest BCUT2D eigenvalue weighted by Crippen LogP contribution is 2.37. The summed E-state index contributed by atoms with van der Waals surface area (Å²) in [4.78, 5) is 24.2. The van der Waals surface area contributed by atoms with Crippen molar-refractivity contribution in [3.63, 3.8) is 0 Å². The molecule has 1 aromatic carbocycles. The number of pyridine rings is 1. The highest BCUT2D eigenvalue weighted by Gasteiger charge is 2.33. The molecule has 0 fully saturated rings. The molecule has 0 saturated heterocycles. The van der Waals surface area contributed by atoms with E-state index >= 15 is 0 Å². The quantitative estimate of drug-likeness (QED) is 0.485. The third kappa shape index (κ3) is 5.36. The van der Waals surface area contributed by atoms with E-state index in [0.717, 1.165) is 23.5 Å². The largest absolute Gasteiger partial charge is 0.573 e. The minimum atomic E-state index is -4.90. The summed E-state index contributed by atoms with van der Waals surface area (Å²) < 4.78 is 43.2. The van der Waals surface area contributed by atoms with Gasteiger partial charge in [0.2, 0.25) is 11.9 Å². The Kier molecular flexibility index (Phi) is 6.03. The molecule has 1 amide bonds. The Hall–Kier alpha value is -3.89. The number of aromatic nitrogens is 3. The lowest BCUT2D eigenvalue weighted by atomic mass is 9.87. The summed E-state index contributed by atoms with van der Waals surface area (Å²) in [6.45, 7) is 6.38. The number of amides is 1. The van der Waals surface area contributed by atoms with Gasteiger partial charge in [-0.1, -0.05) is 19.9 Å². The van der Waals surface area contributed by atoms with E-state index in [4.69, 9.17) is 0 Å². The van der Waals surface area contributed by atoms with Crippen LogP contribution >= 0.6 is 0 Å². The van der Waals surface area contributed by atoms with Crippen molar-refractivity contribution < 1.29 is 22.7 Å². The van der Waals surface area contributed by atoms with Crippen LogP contribution in [0.4, 0.5) is 30.6 Å². The van der Waals surface area contributed by atoms with E-state index in [1.54, 1.807) is 18.3 Å². The number of carbonyl (C=O) groups excluding carboxylic acids is 1.